The maximum atomic E-state index is 12.8. The van der Waals surface area contributed by atoms with Crippen molar-refractivity contribution in [3.8, 4) is 11.4 Å². The molecule has 6 rings (SSSR count). The Hall–Kier alpha value is -4.20. The highest BCUT2D eigenvalue weighted by Crippen LogP contribution is 2.39. The highest BCUT2D eigenvalue weighted by molar-refractivity contribution is 5.93. The molecule has 0 atom stereocenters. The predicted octanol–water partition coefficient (Wildman–Crippen LogP) is 4.77. The molecule has 1 aliphatic rings. The first kappa shape index (κ1) is 20.4. The molecule has 1 amide bonds. The zero-order valence-electron chi connectivity index (χ0n) is 18.6. The lowest BCUT2D eigenvalue weighted by atomic mass is 9.81. The number of nitrogens with one attached hydrogen (secondary N) is 2. The molecule has 4 heterocycles. The molecule has 8 heteroatoms. The Balaban J connectivity index is 1.28. The molecule has 1 saturated carbocycles. The number of amides is 1. The highest BCUT2D eigenvalue weighted by Gasteiger charge is 2.30. The molecule has 0 unspecified atom stereocenters. The summed E-state index contributed by atoms with van der Waals surface area (Å²) in [5, 5.41) is 4.12. The van der Waals surface area contributed by atoms with Gasteiger partial charge in [-0.2, -0.15) is 0 Å². The Morgan fingerprint density at radius 1 is 1.09 bits per heavy atom. The van der Waals surface area contributed by atoms with Gasteiger partial charge in [-0.3, -0.25) is 14.2 Å². The second kappa shape index (κ2) is 8.30. The average molecular weight is 452 g/mol. The molecule has 0 saturated heterocycles. The molecule has 34 heavy (non-hydrogen) atoms. The van der Waals surface area contributed by atoms with E-state index in [4.69, 9.17) is 10.7 Å². The van der Waals surface area contributed by atoms with Crippen LogP contribution in [0.1, 0.15) is 37.4 Å². The topological polar surface area (TPSA) is 114 Å². The van der Waals surface area contributed by atoms with Crippen molar-refractivity contribution in [2.45, 2.75) is 31.6 Å². The number of rotatable bonds is 4. The summed E-state index contributed by atoms with van der Waals surface area (Å²) in [5.74, 6) is 1.73. The van der Waals surface area contributed by atoms with Gasteiger partial charge in [0.2, 0.25) is 5.91 Å². The van der Waals surface area contributed by atoms with E-state index in [1.807, 2.05) is 30.5 Å². The van der Waals surface area contributed by atoms with Crippen LogP contribution < -0.4 is 11.1 Å². The van der Waals surface area contributed by atoms with Gasteiger partial charge < -0.3 is 16.0 Å². The van der Waals surface area contributed by atoms with E-state index in [0.29, 0.717) is 5.82 Å². The van der Waals surface area contributed by atoms with Gasteiger partial charge in [-0.25, -0.2) is 9.97 Å². The van der Waals surface area contributed by atoms with Gasteiger partial charge >= 0.3 is 0 Å². The molecule has 170 valence electrons. The molecule has 4 N–H and O–H groups in total. The fraction of sp³-hybridized carbons (Fsp3) is 0.231. The number of para-hydroxylation sites is 1. The molecule has 1 aliphatic carbocycles. The Kier molecular flexibility index (Phi) is 4.98. The van der Waals surface area contributed by atoms with Crippen LogP contribution in [0, 0.1) is 5.92 Å². The SMILES string of the molecule is Nc1nccn2c1c(-c1cc3ccccc3[nH]1)nc2[C@H]1CC[C@H](C(=O)Nc2cccnc2)CC1. The number of aromatic amines is 1. The summed E-state index contributed by atoms with van der Waals surface area (Å²) in [6.45, 7) is 0. The van der Waals surface area contributed by atoms with Crippen molar-refractivity contribution in [1.29, 1.82) is 0 Å². The van der Waals surface area contributed by atoms with Gasteiger partial charge in [0.25, 0.3) is 0 Å². The number of nitrogens with zero attached hydrogens (tertiary/aromatic N) is 4. The molecule has 8 nitrogen and oxygen atoms in total. The minimum Gasteiger partial charge on any atom is -0.382 e. The molecule has 0 bridgehead atoms. The van der Waals surface area contributed by atoms with E-state index in [0.717, 1.165) is 65.0 Å². The number of hydrogen-bond donors (Lipinski definition) is 3. The predicted molar refractivity (Wildman–Crippen MR) is 132 cm³/mol. The summed E-state index contributed by atoms with van der Waals surface area (Å²) >= 11 is 0. The van der Waals surface area contributed by atoms with E-state index < -0.39 is 0 Å². The standard InChI is InChI=1S/C26H25N7O/c27-24-23-22(21-14-18-4-1-2-6-20(18)31-21)32-25(33(23)13-12-29-24)16-7-9-17(10-8-16)26(34)30-19-5-3-11-28-15-19/h1-6,11-17,31H,7-10H2,(H2,27,29)(H,30,34)/t16-,17-. The van der Waals surface area contributed by atoms with Crippen LogP contribution in [0.3, 0.4) is 0 Å². The normalized spacial score (nSPS) is 18.4. The van der Waals surface area contributed by atoms with Crippen LogP contribution in [0.5, 0.6) is 0 Å². The van der Waals surface area contributed by atoms with Crippen molar-refractivity contribution in [3.05, 3.63) is 73.1 Å². The highest BCUT2D eigenvalue weighted by atomic mass is 16.1. The van der Waals surface area contributed by atoms with E-state index in [1.165, 1.54) is 0 Å². The van der Waals surface area contributed by atoms with Crippen LogP contribution in [0.25, 0.3) is 27.8 Å². The summed E-state index contributed by atoms with van der Waals surface area (Å²) in [6, 6.07) is 13.9. The minimum absolute atomic E-state index is 0.0115. The molecule has 0 radical (unpaired) electrons. The summed E-state index contributed by atoms with van der Waals surface area (Å²) in [4.78, 5) is 29.7. The molecule has 0 spiro atoms. The van der Waals surface area contributed by atoms with Crippen molar-refractivity contribution >= 4 is 33.8 Å². The van der Waals surface area contributed by atoms with E-state index in [2.05, 4.69) is 42.9 Å². The number of benzene rings is 1. The largest absolute Gasteiger partial charge is 0.382 e. The summed E-state index contributed by atoms with van der Waals surface area (Å²) < 4.78 is 2.07. The van der Waals surface area contributed by atoms with Crippen LogP contribution in [-0.4, -0.2) is 30.2 Å². The Morgan fingerprint density at radius 2 is 1.94 bits per heavy atom. The molecule has 1 aromatic carbocycles. The first-order valence-electron chi connectivity index (χ1n) is 11.6. The lowest BCUT2D eigenvalue weighted by Crippen LogP contribution is -2.27. The fourth-order valence-corrected chi connectivity index (χ4v) is 5.06. The van der Waals surface area contributed by atoms with Gasteiger partial charge in [0, 0.05) is 41.3 Å². The van der Waals surface area contributed by atoms with E-state index in [-0.39, 0.29) is 17.7 Å². The number of nitrogens with two attached hydrogens (primary N) is 1. The van der Waals surface area contributed by atoms with Crippen LogP contribution in [-0.2, 0) is 4.79 Å². The number of anilines is 2. The second-order valence-corrected chi connectivity index (χ2v) is 8.90. The Bertz CT molecular complexity index is 1450. The zero-order chi connectivity index (χ0) is 23.1. The van der Waals surface area contributed by atoms with Crippen LogP contribution in [0.15, 0.2) is 67.3 Å². The van der Waals surface area contributed by atoms with Crippen LogP contribution >= 0.6 is 0 Å². The molecule has 1 fully saturated rings. The van der Waals surface area contributed by atoms with E-state index >= 15 is 0 Å². The van der Waals surface area contributed by atoms with Crippen LogP contribution in [0.2, 0.25) is 0 Å². The number of hydrogen-bond acceptors (Lipinski definition) is 5. The van der Waals surface area contributed by atoms with Crippen molar-refractivity contribution in [1.82, 2.24) is 24.3 Å². The smallest absolute Gasteiger partial charge is 0.227 e. The van der Waals surface area contributed by atoms with Gasteiger partial charge in [0.1, 0.15) is 22.9 Å². The zero-order valence-corrected chi connectivity index (χ0v) is 18.6. The molecule has 4 aromatic heterocycles. The van der Waals surface area contributed by atoms with Crippen molar-refractivity contribution < 1.29 is 4.79 Å². The maximum Gasteiger partial charge on any atom is 0.227 e. The quantitative estimate of drug-likeness (QED) is 0.364. The number of carbonyl (C=O) groups is 1. The van der Waals surface area contributed by atoms with Gasteiger partial charge in [0.15, 0.2) is 0 Å². The third kappa shape index (κ3) is 3.57. The molecule has 0 aliphatic heterocycles. The Morgan fingerprint density at radius 3 is 2.74 bits per heavy atom. The number of nitrogen functional groups attached to an aromatic ring is 1. The van der Waals surface area contributed by atoms with Gasteiger partial charge in [-0.15, -0.1) is 0 Å². The van der Waals surface area contributed by atoms with Gasteiger partial charge in [-0.1, -0.05) is 18.2 Å². The van der Waals surface area contributed by atoms with Crippen LogP contribution in [0.4, 0.5) is 11.5 Å². The molecular formula is C26H25N7O. The van der Waals surface area contributed by atoms with E-state index in [9.17, 15) is 4.79 Å². The number of aromatic nitrogens is 5. The summed E-state index contributed by atoms with van der Waals surface area (Å²) in [7, 11) is 0. The van der Waals surface area contributed by atoms with E-state index in [1.54, 1.807) is 18.6 Å². The second-order valence-electron chi connectivity index (χ2n) is 8.90. The number of fused-ring (bicyclic) bond motifs is 2. The van der Waals surface area contributed by atoms with Gasteiger partial charge in [0.05, 0.1) is 17.6 Å². The number of imidazole rings is 1. The monoisotopic (exact) mass is 451 g/mol. The van der Waals surface area contributed by atoms with Crippen molar-refractivity contribution in [2.24, 2.45) is 5.92 Å². The fourth-order valence-electron chi connectivity index (χ4n) is 5.06. The van der Waals surface area contributed by atoms with Crippen molar-refractivity contribution in [3.63, 3.8) is 0 Å². The van der Waals surface area contributed by atoms with Crippen molar-refractivity contribution in [2.75, 3.05) is 11.1 Å². The lowest BCUT2D eigenvalue weighted by Gasteiger charge is -2.27. The van der Waals surface area contributed by atoms with Gasteiger partial charge in [-0.05, 0) is 49.9 Å². The minimum atomic E-state index is -0.0115. The number of carbonyl (C=O) groups excluding carboxylic acids is 1. The summed E-state index contributed by atoms with van der Waals surface area (Å²) in [6.07, 6.45) is 10.4. The third-order valence-electron chi connectivity index (χ3n) is 6.79. The summed E-state index contributed by atoms with van der Waals surface area (Å²) in [5.41, 5.74) is 10.7. The first-order chi connectivity index (χ1) is 16.7. The average Bonchev–Trinajstić information content (AvgIpc) is 3.47. The first-order valence-corrected chi connectivity index (χ1v) is 11.6. The number of pyridine rings is 1. The number of H-pyrrole nitrogens is 1. The molecule has 5 aromatic rings. The third-order valence-corrected chi connectivity index (χ3v) is 6.79. The maximum absolute atomic E-state index is 12.8. The lowest BCUT2D eigenvalue weighted by molar-refractivity contribution is -0.120. The molecular weight excluding hydrogens is 426 g/mol. The Labute approximate surface area is 196 Å².